The van der Waals surface area contributed by atoms with Crippen molar-refractivity contribution in [3.05, 3.63) is 61.9 Å². The van der Waals surface area contributed by atoms with Crippen molar-refractivity contribution in [2.75, 3.05) is 13.2 Å². The molecule has 0 spiro atoms. The lowest BCUT2D eigenvalue weighted by molar-refractivity contribution is -0.139. The SMILES string of the molecule is CCOC(=O)C1=C(C)NC(=S)N[C@H]1c1ccccc1OCC(=O)NN=Cc1sccc1Br. The Morgan fingerprint density at radius 3 is 2.84 bits per heavy atom. The second kappa shape index (κ2) is 11.2. The Bertz CT molecular complexity index is 1080. The molecule has 32 heavy (non-hydrogen) atoms. The van der Waals surface area contributed by atoms with Crippen molar-refractivity contribution in [2.45, 2.75) is 19.9 Å². The number of thiophene rings is 1. The second-order valence-corrected chi connectivity index (χ2v) is 8.75. The van der Waals surface area contributed by atoms with Crippen molar-refractivity contribution in [1.82, 2.24) is 16.1 Å². The minimum Gasteiger partial charge on any atom is -0.483 e. The highest BCUT2D eigenvalue weighted by atomic mass is 79.9. The number of rotatable bonds is 8. The maximum absolute atomic E-state index is 12.6. The molecule has 8 nitrogen and oxygen atoms in total. The van der Waals surface area contributed by atoms with E-state index in [0.717, 1.165) is 9.35 Å². The van der Waals surface area contributed by atoms with Crippen LogP contribution in [-0.2, 0) is 14.3 Å². The van der Waals surface area contributed by atoms with Gasteiger partial charge >= 0.3 is 5.97 Å². The molecule has 1 aliphatic rings. The van der Waals surface area contributed by atoms with Crippen LogP contribution >= 0.6 is 39.5 Å². The first-order chi connectivity index (χ1) is 15.4. The summed E-state index contributed by atoms with van der Waals surface area (Å²) in [5.74, 6) is -0.446. The van der Waals surface area contributed by atoms with Gasteiger partial charge in [-0.15, -0.1) is 11.3 Å². The van der Waals surface area contributed by atoms with Gasteiger partial charge in [-0.3, -0.25) is 4.79 Å². The number of hydrogen-bond donors (Lipinski definition) is 3. The van der Waals surface area contributed by atoms with Gasteiger partial charge in [0.2, 0.25) is 0 Å². The molecule has 0 fully saturated rings. The van der Waals surface area contributed by atoms with E-state index >= 15 is 0 Å². The molecule has 0 bridgehead atoms. The molecule has 168 valence electrons. The lowest BCUT2D eigenvalue weighted by Gasteiger charge is -2.30. The molecule has 0 aliphatic carbocycles. The Morgan fingerprint density at radius 1 is 1.34 bits per heavy atom. The number of thiocarbonyl (C=S) groups is 1. The van der Waals surface area contributed by atoms with Gasteiger partial charge in [-0.1, -0.05) is 18.2 Å². The highest BCUT2D eigenvalue weighted by Crippen LogP contribution is 2.33. The first-order valence-corrected chi connectivity index (χ1v) is 11.7. The number of amides is 1. The van der Waals surface area contributed by atoms with Gasteiger partial charge in [-0.25, -0.2) is 10.2 Å². The van der Waals surface area contributed by atoms with Gasteiger partial charge < -0.3 is 20.1 Å². The van der Waals surface area contributed by atoms with E-state index in [1.807, 2.05) is 17.5 Å². The Balaban J connectivity index is 1.73. The van der Waals surface area contributed by atoms with Gasteiger partial charge in [0.1, 0.15) is 5.75 Å². The number of nitrogens with one attached hydrogen (secondary N) is 3. The van der Waals surface area contributed by atoms with E-state index in [4.69, 9.17) is 21.7 Å². The molecule has 0 radical (unpaired) electrons. The molecular formula is C21H21BrN4O4S2. The Hall–Kier alpha value is -2.76. The largest absolute Gasteiger partial charge is 0.483 e. The number of para-hydroxylation sites is 1. The summed E-state index contributed by atoms with van der Waals surface area (Å²) in [5.41, 5.74) is 4.08. The zero-order valence-electron chi connectivity index (χ0n) is 17.3. The molecule has 1 aliphatic heterocycles. The average Bonchev–Trinajstić information content (AvgIpc) is 3.16. The van der Waals surface area contributed by atoms with E-state index < -0.39 is 17.9 Å². The summed E-state index contributed by atoms with van der Waals surface area (Å²) in [6.07, 6.45) is 1.56. The quantitative estimate of drug-likeness (QED) is 0.205. The molecule has 3 rings (SSSR count). The molecule has 3 N–H and O–H groups in total. The highest BCUT2D eigenvalue weighted by Gasteiger charge is 2.32. The number of benzene rings is 1. The summed E-state index contributed by atoms with van der Waals surface area (Å²) >= 11 is 10.2. The van der Waals surface area contributed by atoms with Crippen molar-refractivity contribution < 1.29 is 19.1 Å². The van der Waals surface area contributed by atoms with Crippen molar-refractivity contribution in [2.24, 2.45) is 5.10 Å². The number of ether oxygens (including phenoxy) is 2. The molecule has 0 unspecified atom stereocenters. The topological polar surface area (TPSA) is 101 Å². The molecule has 0 saturated carbocycles. The molecule has 1 aromatic heterocycles. The van der Waals surface area contributed by atoms with Crippen LogP contribution < -0.4 is 20.8 Å². The van der Waals surface area contributed by atoms with E-state index in [1.54, 1.807) is 38.3 Å². The fourth-order valence-electron chi connectivity index (χ4n) is 2.99. The van der Waals surface area contributed by atoms with Gasteiger partial charge in [-0.2, -0.15) is 5.10 Å². The van der Waals surface area contributed by atoms with Crippen LogP contribution in [0.1, 0.15) is 30.3 Å². The number of esters is 1. The predicted molar refractivity (Wildman–Crippen MR) is 131 cm³/mol. The van der Waals surface area contributed by atoms with E-state index in [2.05, 4.69) is 37.1 Å². The zero-order valence-corrected chi connectivity index (χ0v) is 20.5. The molecule has 11 heteroatoms. The number of hydrazone groups is 1. The average molecular weight is 537 g/mol. The summed E-state index contributed by atoms with van der Waals surface area (Å²) in [6.45, 7) is 3.49. The highest BCUT2D eigenvalue weighted by molar-refractivity contribution is 9.10. The molecular weight excluding hydrogens is 516 g/mol. The monoisotopic (exact) mass is 536 g/mol. The minimum absolute atomic E-state index is 0.244. The molecule has 0 saturated heterocycles. The van der Waals surface area contributed by atoms with E-state index in [0.29, 0.717) is 27.7 Å². The van der Waals surface area contributed by atoms with Gasteiger partial charge in [0, 0.05) is 15.7 Å². The van der Waals surface area contributed by atoms with Crippen molar-refractivity contribution in [3.8, 4) is 5.75 Å². The summed E-state index contributed by atoms with van der Waals surface area (Å²) in [5, 5.41) is 12.3. The van der Waals surface area contributed by atoms with Crippen molar-refractivity contribution in [1.29, 1.82) is 0 Å². The van der Waals surface area contributed by atoms with Crippen molar-refractivity contribution >= 4 is 62.7 Å². The lowest BCUT2D eigenvalue weighted by Crippen LogP contribution is -2.45. The van der Waals surface area contributed by atoms with Gasteiger partial charge in [0.05, 0.1) is 29.3 Å². The Labute approximate surface area is 203 Å². The van der Waals surface area contributed by atoms with E-state index in [9.17, 15) is 9.59 Å². The summed E-state index contributed by atoms with van der Waals surface area (Å²) in [4.78, 5) is 25.7. The third-order valence-electron chi connectivity index (χ3n) is 4.37. The molecule has 1 atom stereocenters. The standard InChI is InChI=1S/C21H21BrN4O4S2/c1-3-29-20(28)18-12(2)24-21(31)25-19(18)13-6-4-5-7-15(13)30-11-17(27)26-23-10-16-14(22)8-9-32-16/h4-10,19H,3,11H2,1-2H3,(H,26,27)(H2,24,25,31)/t19-/m0/s1. The number of nitrogens with zero attached hydrogens (tertiary/aromatic N) is 1. The number of hydrogen-bond acceptors (Lipinski definition) is 7. The van der Waals surface area contributed by atoms with Crippen LogP contribution in [0.4, 0.5) is 0 Å². The fourth-order valence-corrected chi connectivity index (χ4v) is 4.60. The Morgan fingerprint density at radius 2 is 2.12 bits per heavy atom. The van der Waals surface area contributed by atoms with Crippen LogP contribution in [0.25, 0.3) is 0 Å². The number of carbonyl (C=O) groups excluding carboxylic acids is 2. The fraction of sp³-hybridized carbons (Fsp3) is 0.238. The second-order valence-electron chi connectivity index (χ2n) is 6.54. The summed E-state index contributed by atoms with van der Waals surface area (Å²) < 4.78 is 11.9. The third-order valence-corrected chi connectivity index (χ3v) is 6.39. The van der Waals surface area contributed by atoms with E-state index in [-0.39, 0.29) is 13.2 Å². The van der Waals surface area contributed by atoms with Gasteiger partial charge in [0.25, 0.3) is 5.91 Å². The molecule has 1 aromatic carbocycles. The summed E-state index contributed by atoms with van der Waals surface area (Å²) in [6, 6.07) is 8.43. The van der Waals surface area contributed by atoms with Crippen LogP contribution in [0.2, 0.25) is 0 Å². The smallest absolute Gasteiger partial charge is 0.338 e. The van der Waals surface area contributed by atoms with Crippen LogP contribution in [0.3, 0.4) is 0 Å². The Kier molecular flexibility index (Phi) is 8.37. The first kappa shape index (κ1) is 23.9. The predicted octanol–water partition coefficient (Wildman–Crippen LogP) is 3.40. The van der Waals surface area contributed by atoms with Crippen LogP contribution in [0, 0.1) is 0 Å². The van der Waals surface area contributed by atoms with Crippen LogP contribution in [-0.4, -0.2) is 36.4 Å². The van der Waals surface area contributed by atoms with Gasteiger partial charge in [-0.05, 0) is 59.5 Å². The van der Waals surface area contributed by atoms with Crippen molar-refractivity contribution in [3.63, 3.8) is 0 Å². The third kappa shape index (κ3) is 5.93. The molecule has 1 amide bonds. The van der Waals surface area contributed by atoms with Gasteiger partial charge in [0.15, 0.2) is 11.7 Å². The molecule has 2 aromatic rings. The van der Waals surface area contributed by atoms with E-state index in [1.165, 1.54) is 11.3 Å². The normalized spacial score (nSPS) is 15.8. The lowest BCUT2D eigenvalue weighted by atomic mass is 9.95. The molecule has 2 heterocycles. The number of halogens is 1. The first-order valence-electron chi connectivity index (χ1n) is 9.62. The van der Waals surface area contributed by atoms with Crippen LogP contribution in [0.15, 0.2) is 56.6 Å². The zero-order chi connectivity index (χ0) is 23.1. The van der Waals surface area contributed by atoms with Crippen LogP contribution in [0.5, 0.6) is 5.75 Å². The maximum Gasteiger partial charge on any atom is 0.338 e. The maximum atomic E-state index is 12.6. The minimum atomic E-state index is -0.587. The number of allylic oxidation sites excluding steroid dienone is 1. The summed E-state index contributed by atoms with van der Waals surface area (Å²) in [7, 11) is 0. The number of carbonyl (C=O) groups is 2.